The van der Waals surface area contributed by atoms with Crippen LogP contribution in [0.3, 0.4) is 0 Å². The van der Waals surface area contributed by atoms with Crippen molar-refractivity contribution in [2.75, 3.05) is 11.8 Å². The van der Waals surface area contributed by atoms with Crippen LogP contribution in [0.2, 0.25) is 5.02 Å². The lowest BCUT2D eigenvalue weighted by atomic mass is 10.3. The van der Waals surface area contributed by atoms with Crippen molar-refractivity contribution in [2.45, 2.75) is 4.21 Å². The Morgan fingerprint density at radius 3 is 2.74 bits per heavy atom. The van der Waals surface area contributed by atoms with E-state index in [-0.39, 0.29) is 20.7 Å². The summed E-state index contributed by atoms with van der Waals surface area (Å²) in [5.74, 6) is -0.545. The Morgan fingerprint density at radius 1 is 1.37 bits per heavy atom. The molecule has 0 radical (unpaired) electrons. The highest BCUT2D eigenvalue weighted by molar-refractivity contribution is 7.94. The van der Waals surface area contributed by atoms with Gasteiger partial charge in [-0.15, -0.1) is 11.3 Å². The number of rotatable bonds is 4. The van der Waals surface area contributed by atoms with Gasteiger partial charge in [0.05, 0.1) is 12.1 Å². The lowest BCUT2D eigenvalue weighted by Crippen LogP contribution is -2.13. The SMILES string of the molecule is COc1ccsc1S(=O)(=O)Nc1c(F)cccc1Cl. The summed E-state index contributed by atoms with van der Waals surface area (Å²) in [4.78, 5) is 0. The maximum absolute atomic E-state index is 13.6. The van der Waals surface area contributed by atoms with Crippen molar-refractivity contribution in [3.8, 4) is 5.75 Å². The number of sulfonamides is 1. The van der Waals surface area contributed by atoms with Crippen molar-refractivity contribution >= 4 is 38.6 Å². The summed E-state index contributed by atoms with van der Waals surface area (Å²) in [6, 6.07) is 5.42. The average Bonchev–Trinajstić information content (AvgIpc) is 2.83. The van der Waals surface area contributed by atoms with Gasteiger partial charge in [-0.1, -0.05) is 17.7 Å². The molecule has 2 rings (SSSR count). The van der Waals surface area contributed by atoms with Crippen molar-refractivity contribution < 1.29 is 17.5 Å². The molecule has 0 aliphatic carbocycles. The molecule has 0 atom stereocenters. The van der Waals surface area contributed by atoms with Gasteiger partial charge in [0, 0.05) is 0 Å². The van der Waals surface area contributed by atoms with Gasteiger partial charge in [-0.05, 0) is 23.6 Å². The molecule has 0 fully saturated rings. The van der Waals surface area contributed by atoms with Gasteiger partial charge in [-0.25, -0.2) is 12.8 Å². The first-order valence-electron chi connectivity index (χ1n) is 5.04. The number of ether oxygens (including phenoxy) is 1. The number of anilines is 1. The number of hydrogen-bond donors (Lipinski definition) is 1. The Labute approximate surface area is 118 Å². The van der Waals surface area contributed by atoms with Gasteiger partial charge in [0.15, 0.2) is 4.21 Å². The molecule has 102 valence electrons. The molecule has 2 aromatic rings. The van der Waals surface area contributed by atoms with Crippen LogP contribution in [-0.2, 0) is 10.0 Å². The molecule has 0 aliphatic heterocycles. The molecule has 0 saturated heterocycles. The summed E-state index contributed by atoms with van der Waals surface area (Å²) in [5.41, 5.74) is -0.278. The van der Waals surface area contributed by atoms with Crippen molar-refractivity contribution in [1.29, 1.82) is 0 Å². The molecular weight excluding hydrogens is 313 g/mol. The second-order valence-electron chi connectivity index (χ2n) is 3.48. The summed E-state index contributed by atoms with van der Waals surface area (Å²) in [6.07, 6.45) is 0. The Morgan fingerprint density at radius 2 is 2.11 bits per heavy atom. The van der Waals surface area contributed by atoms with Crippen molar-refractivity contribution in [3.05, 3.63) is 40.5 Å². The number of para-hydroxylation sites is 1. The second-order valence-corrected chi connectivity index (χ2v) is 6.68. The third-order valence-corrected chi connectivity index (χ3v) is 5.37. The van der Waals surface area contributed by atoms with E-state index >= 15 is 0 Å². The molecule has 1 heterocycles. The molecule has 0 amide bonds. The molecule has 0 bridgehead atoms. The van der Waals surface area contributed by atoms with Crippen LogP contribution in [0.5, 0.6) is 5.75 Å². The summed E-state index contributed by atoms with van der Waals surface area (Å²) >= 11 is 6.75. The van der Waals surface area contributed by atoms with Gasteiger partial charge in [0.1, 0.15) is 17.3 Å². The molecular formula is C11H9ClFNO3S2. The quantitative estimate of drug-likeness (QED) is 0.939. The number of methoxy groups -OCH3 is 1. The third kappa shape index (κ3) is 2.83. The van der Waals surface area contributed by atoms with Crippen LogP contribution in [0.1, 0.15) is 0 Å². The van der Waals surface area contributed by atoms with Crippen LogP contribution in [0.4, 0.5) is 10.1 Å². The van der Waals surface area contributed by atoms with E-state index in [0.717, 1.165) is 17.4 Å². The highest BCUT2D eigenvalue weighted by Gasteiger charge is 2.23. The number of halogens is 2. The zero-order chi connectivity index (χ0) is 14.0. The Kier molecular flexibility index (Phi) is 3.98. The largest absolute Gasteiger partial charge is 0.494 e. The van der Waals surface area contributed by atoms with Gasteiger partial charge in [-0.2, -0.15) is 0 Å². The number of thiophene rings is 1. The standard InChI is InChI=1S/C11H9ClFNO3S2/c1-17-9-5-6-18-11(9)19(15,16)14-10-7(12)3-2-4-8(10)13/h2-6,14H,1H3. The lowest BCUT2D eigenvalue weighted by Gasteiger charge is -2.10. The van der Waals surface area contributed by atoms with E-state index in [0.29, 0.717) is 0 Å². The van der Waals surface area contributed by atoms with Crippen LogP contribution < -0.4 is 9.46 Å². The van der Waals surface area contributed by atoms with Crippen molar-refractivity contribution in [1.82, 2.24) is 0 Å². The maximum Gasteiger partial charge on any atom is 0.275 e. The van der Waals surface area contributed by atoms with E-state index in [2.05, 4.69) is 4.72 Å². The normalized spacial score (nSPS) is 11.3. The van der Waals surface area contributed by atoms with E-state index in [1.54, 1.807) is 5.38 Å². The number of nitrogens with one attached hydrogen (secondary N) is 1. The molecule has 8 heteroatoms. The Balaban J connectivity index is 2.43. The van der Waals surface area contributed by atoms with E-state index in [1.165, 1.54) is 25.3 Å². The minimum absolute atomic E-state index is 0.0147. The van der Waals surface area contributed by atoms with E-state index in [4.69, 9.17) is 16.3 Å². The van der Waals surface area contributed by atoms with Crippen molar-refractivity contribution in [2.24, 2.45) is 0 Å². The number of hydrogen-bond acceptors (Lipinski definition) is 4. The fourth-order valence-electron chi connectivity index (χ4n) is 1.41. The molecule has 4 nitrogen and oxygen atoms in total. The zero-order valence-corrected chi connectivity index (χ0v) is 12.1. The first-order valence-corrected chi connectivity index (χ1v) is 7.78. The third-order valence-electron chi connectivity index (χ3n) is 2.26. The van der Waals surface area contributed by atoms with Gasteiger partial charge < -0.3 is 4.74 Å². The lowest BCUT2D eigenvalue weighted by molar-refractivity contribution is 0.406. The predicted octanol–water partition coefficient (Wildman–Crippen LogP) is 3.35. The van der Waals surface area contributed by atoms with Crippen LogP contribution in [0.15, 0.2) is 33.9 Å². The van der Waals surface area contributed by atoms with Crippen molar-refractivity contribution in [3.63, 3.8) is 0 Å². The highest BCUT2D eigenvalue weighted by atomic mass is 35.5. The van der Waals surface area contributed by atoms with Gasteiger partial charge >= 0.3 is 0 Å². The first-order chi connectivity index (χ1) is 8.95. The molecule has 1 N–H and O–H groups in total. The smallest absolute Gasteiger partial charge is 0.275 e. The second kappa shape index (κ2) is 5.36. The molecule has 19 heavy (non-hydrogen) atoms. The predicted molar refractivity (Wildman–Crippen MR) is 73.1 cm³/mol. The summed E-state index contributed by atoms with van der Waals surface area (Å²) in [6.45, 7) is 0. The van der Waals surface area contributed by atoms with E-state index < -0.39 is 15.8 Å². The zero-order valence-electron chi connectivity index (χ0n) is 9.68. The molecule has 0 saturated carbocycles. The van der Waals surface area contributed by atoms with Gasteiger partial charge in [0.25, 0.3) is 10.0 Å². The summed E-state index contributed by atoms with van der Waals surface area (Å²) in [7, 11) is -2.58. The maximum atomic E-state index is 13.6. The van der Waals surface area contributed by atoms with Crippen LogP contribution in [0.25, 0.3) is 0 Å². The Hall–Kier alpha value is -1.31. The van der Waals surface area contributed by atoms with Crippen LogP contribution in [0, 0.1) is 5.82 Å². The monoisotopic (exact) mass is 321 g/mol. The summed E-state index contributed by atoms with van der Waals surface area (Å²) < 4.78 is 44.9. The van der Waals surface area contributed by atoms with Crippen LogP contribution >= 0.6 is 22.9 Å². The highest BCUT2D eigenvalue weighted by Crippen LogP contribution is 2.33. The first kappa shape index (κ1) is 14.1. The van der Waals surface area contributed by atoms with Gasteiger partial charge in [-0.3, -0.25) is 4.72 Å². The molecule has 0 spiro atoms. The molecule has 0 aliphatic rings. The molecule has 0 unspecified atom stereocenters. The topological polar surface area (TPSA) is 55.4 Å². The fourth-order valence-corrected chi connectivity index (χ4v) is 4.04. The average molecular weight is 322 g/mol. The van der Waals surface area contributed by atoms with E-state index in [9.17, 15) is 12.8 Å². The van der Waals surface area contributed by atoms with Gasteiger partial charge in [0.2, 0.25) is 0 Å². The van der Waals surface area contributed by atoms with E-state index in [1.807, 2.05) is 0 Å². The minimum Gasteiger partial charge on any atom is -0.494 e. The Bertz CT molecular complexity index is 679. The number of benzene rings is 1. The van der Waals surface area contributed by atoms with Crippen LogP contribution in [-0.4, -0.2) is 15.5 Å². The fraction of sp³-hybridized carbons (Fsp3) is 0.0909. The minimum atomic E-state index is -3.94. The molecule has 1 aromatic carbocycles. The summed E-state index contributed by atoms with van der Waals surface area (Å²) in [5, 5.41) is 1.55. The molecule has 1 aromatic heterocycles.